The Bertz CT molecular complexity index is 334. The summed E-state index contributed by atoms with van der Waals surface area (Å²) in [5, 5.41) is 9.93. The Kier molecular flexibility index (Phi) is 6.67. The van der Waals surface area contributed by atoms with Gasteiger partial charge < -0.3 is 19.6 Å². The molecule has 0 aromatic rings. The maximum atomic E-state index is 12.4. The quantitative estimate of drug-likeness (QED) is 0.740. The Morgan fingerprint density at radius 1 is 1.29 bits per heavy atom. The summed E-state index contributed by atoms with van der Waals surface area (Å²) >= 11 is 0. The van der Waals surface area contributed by atoms with Crippen molar-refractivity contribution in [1.82, 2.24) is 9.80 Å². The molecule has 0 aliphatic carbocycles. The van der Waals surface area contributed by atoms with Gasteiger partial charge in [0.25, 0.3) is 0 Å². The van der Waals surface area contributed by atoms with Crippen molar-refractivity contribution in [2.75, 3.05) is 45.9 Å². The van der Waals surface area contributed by atoms with Crippen LogP contribution < -0.4 is 0 Å². The summed E-state index contributed by atoms with van der Waals surface area (Å²) < 4.78 is 5.29. The number of carbonyl (C=O) groups excluding carboxylic acids is 1. The molecule has 2 fully saturated rings. The second kappa shape index (κ2) is 8.51. The van der Waals surface area contributed by atoms with Gasteiger partial charge in [-0.2, -0.15) is 0 Å². The van der Waals surface area contributed by atoms with E-state index in [-0.39, 0.29) is 12.0 Å². The summed E-state index contributed by atoms with van der Waals surface area (Å²) in [7, 11) is 0. The Morgan fingerprint density at radius 2 is 1.95 bits per heavy atom. The summed E-state index contributed by atoms with van der Waals surface area (Å²) in [6.45, 7) is 9.01. The van der Waals surface area contributed by atoms with Crippen molar-refractivity contribution < 1.29 is 14.6 Å². The van der Waals surface area contributed by atoms with E-state index in [4.69, 9.17) is 4.74 Å². The summed E-state index contributed by atoms with van der Waals surface area (Å²) in [6, 6.07) is 0. The van der Waals surface area contributed by atoms with Crippen LogP contribution in [0, 0.1) is 5.92 Å². The van der Waals surface area contributed by atoms with E-state index < -0.39 is 0 Å². The minimum absolute atomic E-state index is 0.157. The van der Waals surface area contributed by atoms with Gasteiger partial charge in [-0.3, -0.25) is 4.79 Å². The van der Waals surface area contributed by atoms with Gasteiger partial charge in [-0.15, -0.1) is 6.58 Å². The van der Waals surface area contributed by atoms with E-state index in [1.807, 2.05) is 11.0 Å². The first kappa shape index (κ1) is 16.5. The molecule has 0 aromatic heterocycles. The van der Waals surface area contributed by atoms with Crippen molar-refractivity contribution in [3.8, 4) is 0 Å². The number of likely N-dealkylation sites (tertiary alicyclic amines) is 1. The normalized spacial score (nSPS) is 23.0. The molecule has 1 amide bonds. The van der Waals surface area contributed by atoms with Gasteiger partial charge in [-0.05, 0) is 38.8 Å². The number of piperidine rings is 1. The van der Waals surface area contributed by atoms with Crippen LogP contribution in [0.2, 0.25) is 0 Å². The van der Waals surface area contributed by atoms with Crippen LogP contribution in [-0.4, -0.2) is 72.9 Å². The highest BCUT2D eigenvalue weighted by atomic mass is 16.5. The zero-order valence-electron chi connectivity index (χ0n) is 12.9. The summed E-state index contributed by atoms with van der Waals surface area (Å²) in [4.78, 5) is 16.6. The van der Waals surface area contributed by atoms with Crippen molar-refractivity contribution in [3.05, 3.63) is 12.7 Å². The fourth-order valence-corrected chi connectivity index (χ4v) is 3.10. The summed E-state index contributed by atoms with van der Waals surface area (Å²) in [5.74, 6) is 0.454. The average Bonchev–Trinajstić information content (AvgIpc) is 2.54. The van der Waals surface area contributed by atoms with Gasteiger partial charge in [0.2, 0.25) is 5.91 Å². The number of hydrogen-bond acceptors (Lipinski definition) is 4. The molecule has 0 spiro atoms. The number of nitrogens with zero attached hydrogens (tertiary/aromatic N) is 2. The van der Waals surface area contributed by atoms with Crippen LogP contribution in [0.4, 0.5) is 0 Å². The number of ether oxygens (including phenoxy) is 1. The summed E-state index contributed by atoms with van der Waals surface area (Å²) in [6.07, 6.45) is 5.00. The van der Waals surface area contributed by atoms with Crippen molar-refractivity contribution in [1.29, 1.82) is 0 Å². The Balaban J connectivity index is 1.69. The number of aliphatic hydroxyl groups excluding tert-OH is 1. The number of allylic oxidation sites excluding steroid dienone is 1. The minimum Gasteiger partial charge on any atom is -0.392 e. The van der Waals surface area contributed by atoms with Crippen LogP contribution >= 0.6 is 0 Å². The largest absolute Gasteiger partial charge is 0.392 e. The SMILES string of the molecule is C=CCCC(O)CN1CCC(C(=O)N2CCOCC2)CC1. The third kappa shape index (κ3) is 5.09. The van der Waals surface area contributed by atoms with Gasteiger partial charge in [0.15, 0.2) is 0 Å². The molecule has 5 heteroatoms. The molecule has 1 unspecified atom stereocenters. The molecule has 21 heavy (non-hydrogen) atoms. The lowest BCUT2D eigenvalue weighted by molar-refractivity contribution is -0.141. The number of hydrogen-bond donors (Lipinski definition) is 1. The zero-order chi connectivity index (χ0) is 15.1. The molecule has 120 valence electrons. The van der Waals surface area contributed by atoms with Gasteiger partial charge in [0, 0.05) is 25.6 Å². The molecule has 0 radical (unpaired) electrons. The number of aliphatic hydroxyl groups is 1. The average molecular weight is 296 g/mol. The van der Waals surface area contributed by atoms with Gasteiger partial charge in [0.05, 0.1) is 19.3 Å². The van der Waals surface area contributed by atoms with Gasteiger partial charge in [-0.25, -0.2) is 0 Å². The highest BCUT2D eigenvalue weighted by molar-refractivity contribution is 5.79. The maximum Gasteiger partial charge on any atom is 0.225 e. The van der Waals surface area contributed by atoms with Crippen LogP contribution in [0.1, 0.15) is 25.7 Å². The van der Waals surface area contributed by atoms with E-state index in [1.165, 1.54) is 0 Å². The fraction of sp³-hybridized carbons (Fsp3) is 0.812. The molecule has 0 bridgehead atoms. The maximum absolute atomic E-state index is 12.4. The molecule has 2 heterocycles. The van der Waals surface area contributed by atoms with E-state index in [0.717, 1.165) is 51.9 Å². The second-order valence-electron chi connectivity index (χ2n) is 6.03. The molecule has 2 aliphatic rings. The lowest BCUT2D eigenvalue weighted by atomic mass is 9.94. The van der Waals surface area contributed by atoms with Gasteiger partial charge >= 0.3 is 0 Å². The molecule has 2 aliphatic heterocycles. The van der Waals surface area contributed by atoms with E-state index in [0.29, 0.717) is 25.7 Å². The summed E-state index contributed by atoms with van der Waals surface area (Å²) in [5.41, 5.74) is 0. The van der Waals surface area contributed by atoms with Crippen molar-refractivity contribution in [3.63, 3.8) is 0 Å². The fourth-order valence-electron chi connectivity index (χ4n) is 3.10. The molecule has 5 nitrogen and oxygen atoms in total. The predicted octanol–water partition coefficient (Wildman–Crippen LogP) is 0.884. The van der Waals surface area contributed by atoms with Crippen LogP contribution in [0.3, 0.4) is 0 Å². The van der Waals surface area contributed by atoms with Crippen molar-refractivity contribution >= 4 is 5.91 Å². The zero-order valence-corrected chi connectivity index (χ0v) is 12.9. The molecular weight excluding hydrogens is 268 g/mol. The van der Waals surface area contributed by atoms with Gasteiger partial charge in [-0.1, -0.05) is 6.08 Å². The molecule has 1 atom stereocenters. The van der Waals surface area contributed by atoms with E-state index in [1.54, 1.807) is 0 Å². The minimum atomic E-state index is -0.283. The first-order valence-corrected chi connectivity index (χ1v) is 8.08. The van der Waals surface area contributed by atoms with Gasteiger partial charge in [0.1, 0.15) is 0 Å². The second-order valence-corrected chi connectivity index (χ2v) is 6.03. The van der Waals surface area contributed by atoms with Crippen LogP contribution in [0.25, 0.3) is 0 Å². The highest BCUT2D eigenvalue weighted by Gasteiger charge is 2.29. The Hall–Kier alpha value is -0.910. The van der Waals surface area contributed by atoms with E-state index in [2.05, 4.69) is 11.5 Å². The topological polar surface area (TPSA) is 53.0 Å². The lowest BCUT2D eigenvalue weighted by Gasteiger charge is -2.36. The Labute approximate surface area is 127 Å². The number of morpholine rings is 1. The third-order valence-electron chi connectivity index (χ3n) is 4.43. The van der Waals surface area contributed by atoms with Crippen molar-refractivity contribution in [2.45, 2.75) is 31.8 Å². The molecule has 1 N–H and O–H groups in total. The highest BCUT2D eigenvalue weighted by Crippen LogP contribution is 2.20. The number of β-amino-alcohol motifs (C(OH)–C–C–N with tert-alkyl or cyclic N) is 1. The van der Waals surface area contributed by atoms with Crippen LogP contribution in [0.15, 0.2) is 12.7 Å². The number of rotatable bonds is 6. The molecule has 2 rings (SSSR count). The molecule has 0 saturated carbocycles. The van der Waals surface area contributed by atoms with E-state index in [9.17, 15) is 9.90 Å². The molecule has 0 aromatic carbocycles. The first-order valence-electron chi connectivity index (χ1n) is 8.08. The third-order valence-corrected chi connectivity index (χ3v) is 4.43. The van der Waals surface area contributed by atoms with Crippen LogP contribution in [-0.2, 0) is 9.53 Å². The Morgan fingerprint density at radius 3 is 2.57 bits per heavy atom. The lowest BCUT2D eigenvalue weighted by Crippen LogP contribution is -2.47. The first-order chi connectivity index (χ1) is 10.2. The molecule has 2 saturated heterocycles. The van der Waals surface area contributed by atoms with Crippen molar-refractivity contribution in [2.24, 2.45) is 5.92 Å². The van der Waals surface area contributed by atoms with Crippen LogP contribution in [0.5, 0.6) is 0 Å². The molecular formula is C16H28N2O3. The standard InChI is InChI=1S/C16H28N2O3/c1-2-3-4-15(19)13-17-7-5-14(6-8-17)16(20)18-9-11-21-12-10-18/h2,14-15,19H,1,3-13H2. The predicted molar refractivity (Wildman–Crippen MR) is 82.0 cm³/mol. The number of amides is 1. The monoisotopic (exact) mass is 296 g/mol. The number of carbonyl (C=O) groups is 1. The smallest absolute Gasteiger partial charge is 0.225 e. The van der Waals surface area contributed by atoms with E-state index >= 15 is 0 Å².